The lowest BCUT2D eigenvalue weighted by Crippen LogP contribution is -2.03. The number of aryl methyl sites for hydroxylation is 1. The quantitative estimate of drug-likeness (QED) is 0.0692. The first kappa shape index (κ1) is 82.5. The van der Waals surface area contributed by atoms with E-state index < -0.39 is 58.3 Å². The smallest absolute Gasteiger partial charge is 0.303 e. The number of halogens is 9. The number of carboxylic acid groups (broad SMARTS) is 1. The molecule has 9 aromatic carbocycles. The summed E-state index contributed by atoms with van der Waals surface area (Å²) in [6, 6.07) is 64.8. The number of para-hydroxylation sites is 4. The number of benzene rings is 9. The summed E-state index contributed by atoms with van der Waals surface area (Å²) in [5.74, 6) is -5.69. The van der Waals surface area contributed by atoms with E-state index >= 15 is 0 Å². The van der Waals surface area contributed by atoms with Crippen LogP contribution in [0.1, 0.15) is 12.0 Å². The van der Waals surface area contributed by atoms with Gasteiger partial charge in [-0.05, 0) is 158 Å². The summed E-state index contributed by atoms with van der Waals surface area (Å²) in [5.41, 5.74) is 6.34. The van der Waals surface area contributed by atoms with Crippen LogP contribution in [0.3, 0.4) is 0 Å². The summed E-state index contributed by atoms with van der Waals surface area (Å²) in [4.78, 5) is 40.7. The molecule has 0 amide bonds. The molecule has 0 bridgehead atoms. The van der Waals surface area contributed by atoms with Crippen molar-refractivity contribution in [3.63, 3.8) is 0 Å². The van der Waals surface area contributed by atoms with Crippen molar-refractivity contribution in [3.05, 3.63) is 337 Å². The fourth-order valence-electron chi connectivity index (χ4n) is 13.0. The van der Waals surface area contributed by atoms with Gasteiger partial charge < -0.3 is 27.9 Å². The number of aliphatic carboxylic acids is 1. The molecular weight excluding hydrogens is 1670 g/mol. The minimum Gasteiger partial charge on any atom is -0.496 e. The molecule has 0 fully saturated rings. The second-order valence-corrected chi connectivity index (χ2v) is 27.0. The minimum atomic E-state index is -0.876. The van der Waals surface area contributed by atoms with E-state index in [0.29, 0.717) is 63.2 Å². The van der Waals surface area contributed by atoms with Crippen LogP contribution in [0.25, 0.3) is 160 Å². The Morgan fingerprint density at radius 2 is 0.719 bits per heavy atom. The summed E-state index contributed by atoms with van der Waals surface area (Å²) in [7, 11) is 1.51. The fraction of sp³-hybridized carbons (Fsp3) is 0.0337. The van der Waals surface area contributed by atoms with Gasteiger partial charge in [0, 0.05) is 42.3 Å². The first-order valence-electron chi connectivity index (χ1n) is 38.0. The van der Waals surface area contributed by atoms with Crippen molar-refractivity contribution in [2.24, 2.45) is 0 Å². The lowest BCUT2D eigenvalue weighted by atomic mass is 10.1. The highest BCUT2D eigenvalue weighted by Gasteiger charge is 2.31. The summed E-state index contributed by atoms with van der Waals surface area (Å²) in [5, 5.41) is 57.3. The third kappa shape index (κ3) is 17.4. The van der Waals surface area contributed by atoms with Gasteiger partial charge in [0.25, 0.3) is 23.6 Å². The molecule has 0 radical (unpaired) electrons. The van der Waals surface area contributed by atoms with Gasteiger partial charge in [-0.25, -0.2) is 58.2 Å². The van der Waals surface area contributed by atoms with E-state index in [0.717, 1.165) is 47.5 Å². The molecule has 0 aliphatic heterocycles. The van der Waals surface area contributed by atoms with Gasteiger partial charge in [0.1, 0.15) is 104 Å². The number of aromatic nitrogens is 23. The van der Waals surface area contributed by atoms with Crippen molar-refractivity contribution < 1.29 is 72.2 Å². The Bertz CT molecular complexity index is 7150. The van der Waals surface area contributed by atoms with Crippen molar-refractivity contribution in [1.29, 1.82) is 0 Å². The van der Waals surface area contributed by atoms with E-state index in [2.05, 4.69) is 96.8 Å². The number of carbonyl (C=O) groups is 1. The van der Waals surface area contributed by atoms with Gasteiger partial charge in [0.05, 0.1) is 40.8 Å². The number of methoxy groups -OCH3 is 1. The molecule has 0 atom stereocenters. The maximum Gasteiger partial charge on any atom is 0.303 e. The third-order valence-electron chi connectivity index (χ3n) is 18.9. The molecule has 128 heavy (non-hydrogen) atoms. The molecule has 0 saturated heterocycles. The van der Waals surface area contributed by atoms with Crippen molar-refractivity contribution in [2.45, 2.75) is 12.8 Å². The number of pyridine rings is 3. The van der Waals surface area contributed by atoms with E-state index in [9.17, 15) is 44.3 Å². The first-order valence-corrected chi connectivity index (χ1v) is 38.0. The average molecular weight is 1730 g/mol. The molecule has 11 aromatic heterocycles. The second kappa shape index (κ2) is 36.9. The van der Waals surface area contributed by atoms with E-state index in [-0.39, 0.29) is 110 Å². The fourth-order valence-corrected chi connectivity index (χ4v) is 13.0. The van der Waals surface area contributed by atoms with Crippen LogP contribution in [0.2, 0.25) is 0 Å². The lowest BCUT2D eigenvalue weighted by Gasteiger charge is -2.08. The van der Waals surface area contributed by atoms with E-state index in [1.165, 1.54) is 68.3 Å². The highest BCUT2D eigenvalue weighted by Crippen LogP contribution is 2.40. The van der Waals surface area contributed by atoms with Crippen LogP contribution in [0.15, 0.2) is 298 Å². The van der Waals surface area contributed by atoms with Gasteiger partial charge in [-0.1, -0.05) is 151 Å². The van der Waals surface area contributed by atoms with Gasteiger partial charge >= 0.3 is 5.97 Å². The molecule has 0 aliphatic carbocycles. The number of carboxylic acids is 1. The third-order valence-corrected chi connectivity index (χ3v) is 18.9. The van der Waals surface area contributed by atoms with Crippen LogP contribution >= 0.6 is 0 Å². The van der Waals surface area contributed by atoms with Crippen LogP contribution in [0, 0.1) is 52.4 Å². The summed E-state index contributed by atoms with van der Waals surface area (Å²) in [6.45, 7) is 0. The normalized spacial score (nSPS) is 11.0. The monoisotopic (exact) mass is 1730 g/mol. The average Bonchev–Trinajstić information content (AvgIpc) is 1.63. The number of hydrogen-bond donors (Lipinski definition) is 1. The predicted octanol–water partition coefficient (Wildman–Crippen LogP) is 18.1. The Morgan fingerprint density at radius 3 is 1.12 bits per heavy atom. The molecule has 0 aliphatic rings. The second-order valence-electron chi connectivity index (χ2n) is 27.0. The highest BCUT2D eigenvalue weighted by molar-refractivity contribution is 5.80. The zero-order valence-corrected chi connectivity index (χ0v) is 65.6. The lowest BCUT2D eigenvalue weighted by molar-refractivity contribution is -0.136. The molecule has 30 nitrogen and oxygen atoms in total. The Balaban J connectivity index is 0.000000120. The van der Waals surface area contributed by atoms with Gasteiger partial charge in [0.2, 0.25) is 23.3 Å². The van der Waals surface area contributed by atoms with Crippen LogP contribution in [0.5, 0.6) is 5.75 Å². The molecule has 39 heteroatoms. The van der Waals surface area contributed by atoms with Gasteiger partial charge in [0.15, 0.2) is 22.8 Å². The molecule has 0 saturated carbocycles. The number of ether oxygens (including phenoxy) is 1. The van der Waals surface area contributed by atoms with Crippen molar-refractivity contribution in [3.8, 4) is 166 Å². The summed E-state index contributed by atoms with van der Waals surface area (Å²) >= 11 is 0. The number of nitrogens with zero attached hydrogens (tertiary/aromatic N) is 23. The first-order chi connectivity index (χ1) is 62.5. The zero-order chi connectivity index (χ0) is 88.3. The highest BCUT2D eigenvalue weighted by atomic mass is 19.2. The molecule has 0 unspecified atom stereocenters. The molecule has 1 N–H and O–H groups in total. The van der Waals surface area contributed by atoms with Gasteiger partial charge in [-0.2, -0.15) is 19.9 Å². The van der Waals surface area contributed by atoms with Crippen molar-refractivity contribution in [2.75, 3.05) is 7.11 Å². The number of hydrogen-bond acceptors (Lipinski definition) is 25. The van der Waals surface area contributed by atoms with Crippen LogP contribution in [-0.4, -0.2) is 134 Å². The van der Waals surface area contributed by atoms with E-state index in [1.807, 2.05) is 30.3 Å². The van der Waals surface area contributed by atoms with Crippen LogP contribution in [-0.2, 0) is 11.2 Å². The Hall–Kier alpha value is -17.8. The largest absolute Gasteiger partial charge is 0.496 e. The zero-order valence-electron chi connectivity index (χ0n) is 65.6. The topological polar surface area (TPSA) is 364 Å². The van der Waals surface area contributed by atoms with Crippen molar-refractivity contribution >= 4 is 5.97 Å². The minimum absolute atomic E-state index is 0.00872. The maximum absolute atomic E-state index is 14.6. The van der Waals surface area contributed by atoms with Gasteiger partial charge in [-0.3, -0.25) is 19.7 Å². The molecule has 20 rings (SSSR count). The standard InChI is InChI=1S/C26H20FN5O4.2C21H11F3N6O.C21H12F2N6O/c1-35-21-15-16(12-14-22(33)34)11-13-18(21)25-28-26(36-30-25)23-24(17-7-3-2-4-8-17)32(31-29-23)20-10-6-5-9-19(20)27;22-12-8-9-14(23)13(11-12)20-26-21(31-28-20)18-19(16-6-3-4-10-25-16)30(29-27-18)17-7-2-1-5-15(17)24;22-13-7-8-15(23)14(10-13)20-26-21(31-28-20)18-19(12-4-3-9-25-11-12)30(29-27-18)17-6-2-1-5-16(17)24;22-14-8-2-1-7-13(14)20-25-21(30-27-20)18-19(16-10-5-6-12-24-16)29(28-26-18)17-11-4-3-9-15(17)23/h2-11,13,15H,12,14H2,1H3,(H,33,34);2*1-11H;1-12H. The molecule has 630 valence electrons. The Kier molecular flexibility index (Phi) is 23.8. The molecule has 0 spiro atoms. The maximum atomic E-state index is 14.6. The van der Waals surface area contributed by atoms with E-state index in [1.54, 1.807) is 170 Å². The summed E-state index contributed by atoms with van der Waals surface area (Å²) < 4.78 is 160. The predicted molar refractivity (Wildman–Crippen MR) is 438 cm³/mol. The Morgan fingerprint density at radius 1 is 0.352 bits per heavy atom. The SMILES string of the molecule is COc1cc(CCC(=O)O)ccc1-c1noc(-c2nnn(-c3ccccc3F)c2-c2ccccc2)n1.Fc1ccc(F)c(-c2noc(-c3nnn(-c4ccccc4F)c3-c3ccccn3)n2)c1.Fc1ccc(F)c(-c2noc(-c3nnn(-c4ccccc4F)c3-c3cccnc3)n2)c1.Fc1ccccc1-c1noc(-c2nnn(-c3ccccc3F)c2-c2ccccn2)n1. The van der Waals surface area contributed by atoms with Crippen LogP contribution in [0.4, 0.5) is 39.5 Å². The van der Waals surface area contributed by atoms with Gasteiger partial charge in [-0.15, -0.1) is 20.4 Å². The molecule has 20 aromatic rings. The summed E-state index contributed by atoms with van der Waals surface area (Å²) in [6.07, 6.45) is 6.65. The van der Waals surface area contributed by atoms with Crippen molar-refractivity contribution in [1.82, 2.24) is 115 Å². The molecular formula is C89H54F9N23O7. The molecule has 11 heterocycles. The number of rotatable bonds is 20. The van der Waals surface area contributed by atoms with E-state index in [4.69, 9.17) is 27.9 Å². The Labute approximate surface area is 713 Å². The van der Waals surface area contributed by atoms with Crippen LogP contribution < -0.4 is 4.74 Å².